The molecule has 0 fully saturated rings. The van der Waals surface area contributed by atoms with Crippen LogP contribution in [0.4, 0.5) is 5.69 Å². The van der Waals surface area contributed by atoms with E-state index in [1.54, 1.807) is 40.3 Å². The number of hydrogen-bond donors (Lipinski definition) is 0. The molecule has 0 spiro atoms. The first kappa shape index (κ1) is 18.9. The molecular weight excluding hydrogens is 398 g/mol. The second kappa shape index (κ2) is 6.97. The van der Waals surface area contributed by atoms with Crippen LogP contribution in [-0.2, 0) is 6.54 Å². The van der Waals surface area contributed by atoms with Crippen LogP contribution in [0.5, 0.6) is 0 Å². The maximum atomic E-state index is 11.3. The Hall–Kier alpha value is -4.15. The highest BCUT2D eigenvalue weighted by molar-refractivity contribution is 5.89. The third kappa shape index (κ3) is 3.01. The van der Waals surface area contributed by atoms with E-state index in [1.165, 1.54) is 0 Å². The Balaban J connectivity index is 1.51. The summed E-state index contributed by atoms with van der Waals surface area (Å²) in [5.41, 5.74) is 3.24. The van der Waals surface area contributed by atoms with Gasteiger partial charge in [0.05, 0.1) is 28.7 Å². The molecule has 0 N–H and O–H groups in total. The van der Waals surface area contributed by atoms with Crippen molar-refractivity contribution >= 4 is 22.4 Å². The lowest BCUT2D eigenvalue weighted by molar-refractivity contribution is -0.386. The van der Waals surface area contributed by atoms with Crippen molar-refractivity contribution in [1.82, 2.24) is 39.1 Å². The second-order valence-corrected chi connectivity index (χ2v) is 7.47. The van der Waals surface area contributed by atoms with Crippen LogP contribution >= 0.6 is 0 Å². The Bertz CT molecular complexity index is 1430. The predicted octanol–water partition coefficient (Wildman–Crippen LogP) is 2.99. The topological polar surface area (TPSA) is 122 Å². The van der Waals surface area contributed by atoms with Crippen LogP contribution in [0.3, 0.4) is 0 Å². The molecular formula is C20H19N9O2. The summed E-state index contributed by atoms with van der Waals surface area (Å²) in [6.45, 7) is 5.74. The van der Waals surface area contributed by atoms with Gasteiger partial charge in [0.25, 0.3) is 0 Å². The maximum Gasteiger partial charge on any atom is 0.312 e. The average molecular weight is 417 g/mol. The zero-order valence-corrected chi connectivity index (χ0v) is 17.2. The molecule has 5 rings (SSSR count). The Morgan fingerprint density at radius 2 is 1.90 bits per heavy atom. The Morgan fingerprint density at radius 1 is 1.13 bits per heavy atom. The summed E-state index contributed by atoms with van der Waals surface area (Å²) in [6.07, 6.45) is 3.36. The second-order valence-electron chi connectivity index (χ2n) is 7.47. The molecule has 1 aromatic carbocycles. The molecule has 0 radical (unpaired) electrons. The van der Waals surface area contributed by atoms with E-state index in [0.717, 1.165) is 11.1 Å². The third-order valence-electron chi connectivity index (χ3n) is 5.34. The highest BCUT2D eigenvalue weighted by atomic mass is 16.6. The van der Waals surface area contributed by atoms with Crippen molar-refractivity contribution in [2.75, 3.05) is 0 Å². The van der Waals surface area contributed by atoms with Gasteiger partial charge in [-0.25, -0.2) is 19.2 Å². The van der Waals surface area contributed by atoms with Crippen LogP contribution in [0.15, 0.2) is 42.9 Å². The minimum absolute atomic E-state index is 0.0504. The highest BCUT2D eigenvalue weighted by Gasteiger charge is 2.24. The van der Waals surface area contributed by atoms with E-state index in [4.69, 9.17) is 4.98 Å². The van der Waals surface area contributed by atoms with Crippen molar-refractivity contribution in [2.45, 2.75) is 33.2 Å². The van der Waals surface area contributed by atoms with Crippen molar-refractivity contribution in [2.24, 2.45) is 0 Å². The maximum absolute atomic E-state index is 11.3. The third-order valence-corrected chi connectivity index (χ3v) is 5.34. The van der Waals surface area contributed by atoms with Crippen molar-refractivity contribution in [3.05, 3.63) is 70.2 Å². The fraction of sp³-hybridized carbons (Fsp3) is 0.250. The molecule has 11 heteroatoms. The Labute approximate surface area is 176 Å². The monoisotopic (exact) mass is 417 g/mol. The zero-order chi connectivity index (χ0) is 21.7. The van der Waals surface area contributed by atoms with Gasteiger partial charge in [0, 0.05) is 5.92 Å². The van der Waals surface area contributed by atoms with E-state index in [2.05, 4.69) is 20.3 Å². The van der Waals surface area contributed by atoms with E-state index in [1.807, 2.05) is 37.3 Å². The lowest BCUT2D eigenvalue weighted by atomic mass is 10.1. The van der Waals surface area contributed by atoms with Gasteiger partial charge >= 0.3 is 5.69 Å². The van der Waals surface area contributed by atoms with E-state index >= 15 is 0 Å². The van der Waals surface area contributed by atoms with Crippen molar-refractivity contribution in [1.29, 1.82) is 0 Å². The smallest absolute Gasteiger partial charge is 0.262 e. The van der Waals surface area contributed by atoms with E-state index in [0.29, 0.717) is 35.1 Å². The fourth-order valence-electron chi connectivity index (χ4n) is 3.77. The van der Waals surface area contributed by atoms with Crippen LogP contribution in [0, 0.1) is 24.0 Å². The molecule has 0 saturated heterocycles. The fourth-order valence-corrected chi connectivity index (χ4v) is 3.77. The molecule has 0 aliphatic rings. The summed E-state index contributed by atoms with van der Waals surface area (Å²) in [4.78, 5) is 20.1. The SMILES string of the molecule is Cc1nn(C[C@H](C)c2nc3c4cnn(-c5ccccc5)c4ncn3n2)c(C)c1[N+](=O)[O-]. The molecule has 5 aromatic rings. The van der Waals surface area contributed by atoms with Gasteiger partial charge in [-0.2, -0.15) is 10.2 Å². The highest BCUT2D eigenvalue weighted by Crippen LogP contribution is 2.25. The number of rotatable bonds is 5. The van der Waals surface area contributed by atoms with Crippen LogP contribution in [0.1, 0.15) is 30.1 Å². The van der Waals surface area contributed by atoms with Gasteiger partial charge in [0.2, 0.25) is 0 Å². The minimum atomic E-state index is -0.394. The van der Waals surface area contributed by atoms with Crippen LogP contribution in [-0.4, -0.2) is 44.1 Å². The summed E-state index contributed by atoms with van der Waals surface area (Å²) >= 11 is 0. The molecule has 156 valence electrons. The molecule has 0 aliphatic heterocycles. The number of aromatic nitrogens is 8. The quantitative estimate of drug-likeness (QED) is 0.318. The van der Waals surface area contributed by atoms with Gasteiger partial charge in [-0.1, -0.05) is 25.1 Å². The molecule has 4 heterocycles. The van der Waals surface area contributed by atoms with Gasteiger partial charge < -0.3 is 0 Å². The van der Waals surface area contributed by atoms with Crippen molar-refractivity contribution in [3.8, 4) is 5.69 Å². The Kier molecular flexibility index (Phi) is 4.24. The van der Waals surface area contributed by atoms with E-state index in [9.17, 15) is 10.1 Å². The first-order valence-electron chi connectivity index (χ1n) is 9.77. The molecule has 11 nitrogen and oxygen atoms in total. The van der Waals surface area contributed by atoms with Crippen LogP contribution in [0.2, 0.25) is 0 Å². The standard InChI is InChI=1S/C20H19N9O2/c1-12(10-26-14(3)17(29(30)31)13(2)24-26)18-23-20-16-9-22-28(15-7-5-4-6-8-15)19(16)21-11-27(20)25-18/h4-9,11-12H,10H2,1-3H3/t12-/m0/s1. The molecule has 0 unspecified atom stereocenters. The van der Waals surface area contributed by atoms with Crippen LogP contribution < -0.4 is 0 Å². The summed E-state index contributed by atoms with van der Waals surface area (Å²) in [6, 6.07) is 9.76. The van der Waals surface area contributed by atoms with E-state index < -0.39 is 4.92 Å². The summed E-state index contributed by atoms with van der Waals surface area (Å²) in [5.74, 6) is 0.494. The molecule has 0 saturated carbocycles. The number of aryl methyl sites for hydroxylation is 1. The zero-order valence-electron chi connectivity index (χ0n) is 17.2. The number of hydrogen-bond acceptors (Lipinski definition) is 7. The number of nitro groups is 1. The van der Waals surface area contributed by atoms with Gasteiger partial charge in [-0.15, -0.1) is 5.10 Å². The number of benzene rings is 1. The molecule has 0 amide bonds. The van der Waals surface area contributed by atoms with Crippen LogP contribution in [0.25, 0.3) is 22.4 Å². The molecule has 0 bridgehead atoms. The number of nitrogens with zero attached hydrogens (tertiary/aromatic N) is 9. The van der Waals surface area contributed by atoms with E-state index in [-0.39, 0.29) is 11.6 Å². The van der Waals surface area contributed by atoms with Gasteiger partial charge in [0.15, 0.2) is 17.1 Å². The predicted molar refractivity (Wildman–Crippen MR) is 112 cm³/mol. The summed E-state index contributed by atoms with van der Waals surface area (Å²) in [7, 11) is 0. The van der Waals surface area contributed by atoms with Crippen molar-refractivity contribution in [3.63, 3.8) is 0 Å². The first-order chi connectivity index (χ1) is 14.9. The number of fused-ring (bicyclic) bond motifs is 3. The molecule has 31 heavy (non-hydrogen) atoms. The molecule has 4 aromatic heterocycles. The van der Waals surface area contributed by atoms with Gasteiger partial charge in [0.1, 0.15) is 17.7 Å². The summed E-state index contributed by atoms with van der Waals surface area (Å²) < 4.78 is 5.04. The largest absolute Gasteiger partial charge is 0.312 e. The van der Waals surface area contributed by atoms with Gasteiger partial charge in [-0.05, 0) is 26.0 Å². The molecule has 0 aliphatic carbocycles. The van der Waals surface area contributed by atoms with Gasteiger partial charge in [-0.3, -0.25) is 14.8 Å². The summed E-state index contributed by atoms with van der Waals surface area (Å²) in [5, 5.41) is 25.4. The minimum Gasteiger partial charge on any atom is -0.262 e. The number of para-hydroxylation sites is 1. The Morgan fingerprint density at radius 3 is 2.61 bits per heavy atom. The van der Waals surface area contributed by atoms with Crippen molar-refractivity contribution < 1.29 is 4.92 Å². The normalized spacial score (nSPS) is 12.6. The lowest BCUT2D eigenvalue weighted by Gasteiger charge is -2.08. The average Bonchev–Trinajstić information content (AvgIpc) is 3.43. The lowest BCUT2D eigenvalue weighted by Crippen LogP contribution is -2.11. The first-order valence-corrected chi connectivity index (χ1v) is 9.77. The molecule has 1 atom stereocenters.